The standard InChI is InChI=1S/C58H112O6/c1-52(2)44-38-32-26-20-15-11-9-7-8-10-12-17-23-29-35-41-47-56(59)62-50-55(64-58(61)49-43-37-31-25-19-22-28-34-40-46-54(5)6)51-63-57(60)48-42-36-30-24-18-14-13-16-21-27-33-39-45-53(3)4/h52-55H,7-51H2,1-6H3/t55-/m0/s1. The maximum Gasteiger partial charge on any atom is 0.306 e. The minimum atomic E-state index is -0.763. The molecule has 0 heterocycles. The molecule has 6 heteroatoms. The van der Waals surface area contributed by atoms with Crippen molar-refractivity contribution >= 4 is 17.9 Å². The van der Waals surface area contributed by atoms with Gasteiger partial charge in [-0.15, -0.1) is 0 Å². The molecular weight excluding hydrogens is 793 g/mol. The Morgan fingerprint density at radius 1 is 0.266 bits per heavy atom. The van der Waals surface area contributed by atoms with Gasteiger partial charge < -0.3 is 14.2 Å². The molecular formula is C58H112O6. The fourth-order valence-corrected chi connectivity index (χ4v) is 8.82. The van der Waals surface area contributed by atoms with Crippen molar-refractivity contribution in [1.82, 2.24) is 0 Å². The van der Waals surface area contributed by atoms with Crippen LogP contribution in [0.2, 0.25) is 0 Å². The van der Waals surface area contributed by atoms with E-state index in [1.807, 2.05) is 0 Å². The number of hydrogen-bond donors (Lipinski definition) is 0. The molecule has 0 aliphatic carbocycles. The summed E-state index contributed by atoms with van der Waals surface area (Å²) in [6.45, 7) is 13.7. The maximum absolute atomic E-state index is 12.8. The van der Waals surface area contributed by atoms with Crippen LogP contribution < -0.4 is 0 Å². The maximum atomic E-state index is 12.8. The lowest BCUT2D eigenvalue weighted by molar-refractivity contribution is -0.167. The average molecular weight is 906 g/mol. The largest absolute Gasteiger partial charge is 0.462 e. The van der Waals surface area contributed by atoms with Gasteiger partial charge in [0.1, 0.15) is 13.2 Å². The Kier molecular flexibility index (Phi) is 48.1. The third-order valence-electron chi connectivity index (χ3n) is 13.1. The van der Waals surface area contributed by atoms with Crippen LogP contribution in [0.3, 0.4) is 0 Å². The molecule has 0 aromatic carbocycles. The van der Waals surface area contributed by atoms with Gasteiger partial charge >= 0.3 is 17.9 Å². The second-order valence-corrected chi connectivity index (χ2v) is 21.4. The third kappa shape index (κ3) is 51.4. The number of esters is 3. The molecule has 6 nitrogen and oxygen atoms in total. The third-order valence-corrected chi connectivity index (χ3v) is 13.1. The van der Waals surface area contributed by atoms with Crippen LogP contribution >= 0.6 is 0 Å². The van der Waals surface area contributed by atoms with Crippen molar-refractivity contribution in [2.45, 2.75) is 324 Å². The fourth-order valence-electron chi connectivity index (χ4n) is 8.82. The number of carbonyl (C=O) groups excluding carboxylic acids is 3. The van der Waals surface area contributed by atoms with Gasteiger partial charge in [-0.2, -0.15) is 0 Å². The van der Waals surface area contributed by atoms with E-state index in [4.69, 9.17) is 14.2 Å². The van der Waals surface area contributed by atoms with Gasteiger partial charge in [-0.3, -0.25) is 14.4 Å². The quantitative estimate of drug-likeness (QED) is 0.0344. The van der Waals surface area contributed by atoms with Crippen molar-refractivity contribution in [3.63, 3.8) is 0 Å². The topological polar surface area (TPSA) is 78.9 Å². The summed E-state index contributed by atoms with van der Waals surface area (Å²) in [5, 5.41) is 0. The van der Waals surface area contributed by atoms with E-state index in [9.17, 15) is 14.4 Å². The van der Waals surface area contributed by atoms with Gasteiger partial charge in [0, 0.05) is 19.3 Å². The Bertz CT molecular complexity index is 991. The Morgan fingerprint density at radius 3 is 0.672 bits per heavy atom. The first-order chi connectivity index (χ1) is 31.1. The Morgan fingerprint density at radius 2 is 0.453 bits per heavy atom. The van der Waals surface area contributed by atoms with Gasteiger partial charge in [0.25, 0.3) is 0 Å². The van der Waals surface area contributed by atoms with Crippen molar-refractivity contribution in [1.29, 1.82) is 0 Å². The molecule has 1 atom stereocenters. The van der Waals surface area contributed by atoms with Crippen LogP contribution in [0, 0.1) is 17.8 Å². The minimum absolute atomic E-state index is 0.0639. The second-order valence-electron chi connectivity index (χ2n) is 21.4. The van der Waals surface area contributed by atoms with Gasteiger partial charge in [0.05, 0.1) is 0 Å². The van der Waals surface area contributed by atoms with Crippen molar-refractivity contribution in [3.8, 4) is 0 Å². The summed E-state index contributed by atoms with van der Waals surface area (Å²) in [6.07, 6.45) is 51.0. The van der Waals surface area contributed by atoms with E-state index in [-0.39, 0.29) is 31.1 Å². The average Bonchev–Trinajstić information content (AvgIpc) is 3.25. The van der Waals surface area contributed by atoms with Crippen LogP contribution in [-0.4, -0.2) is 37.2 Å². The molecule has 0 aromatic heterocycles. The number of carbonyl (C=O) groups is 3. The molecule has 0 saturated carbocycles. The molecule has 0 aliphatic rings. The first-order valence-corrected chi connectivity index (χ1v) is 28.6. The molecule has 0 unspecified atom stereocenters. The summed E-state index contributed by atoms with van der Waals surface area (Å²) in [7, 11) is 0. The molecule has 0 amide bonds. The summed E-state index contributed by atoms with van der Waals surface area (Å²) in [5.41, 5.74) is 0. The Labute approximate surface area is 399 Å². The first kappa shape index (κ1) is 62.4. The van der Waals surface area contributed by atoms with Gasteiger partial charge in [-0.1, -0.05) is 279 Å². The van der Waals surface area contributed by atoms with Crippen LogP contribution in [0.5, 0.6) is 0 Å². The summed E-state index contributed by atoms with van der Waals surface area (Å²) >= 11 is 0. The van der Waals surface area contributed by atoms with Crippen molar-refractivity contribution < 1.29 is 28.6 Å². The first-order valence-electron chi connectivity index (χ1n) is 28.6. The zero-order chi connectivity index (χ0) is 47.0. The highest BCUT2D eigenvalue weighted by Gasteiger charge is 2.19. The van der Waals surface area contributed by atoms with E-state index in [0.29, 0.717) is 19.3 Å². The van der Waals surface area contributed by atoms with Crippen molar-refractivity contribution in [2.24, 2.45) is 17.8 Å². The number of ether oxygens (including phenoxy) is 3. The molecule has 64 heavy (non-hydrogen) atoms. The highest BCUT2D eigenvalue weighted by atomic mass is 16.6. The fraction of sp³-hybridized carbons (Fsp3) is 0.948. The lowest BCUT2D eigenvalue weighted by atomic mass is 10.0. The molecule has 0 rings (SSSR count). The normalized spacial score (nSPS) is 12.1. The molecule has 0 radical (unpaired) electrons. The lowest BCUT2D eigenvalue weighted by Gasteiger charge is -2.18. The molecule has 0 bridgehead atoms. The van der Waals surface area contributed by atoms with Crippen LogP contribution in [0.4, 0.5) is 0 Å². The highest BCUT2D eigenvalue weighted by molar-refractivity contribution is 5.71. The van der Waals surface area contributed by atoms with Gasteiger partial charge in [0.2, 0.25) is 0 Å². The smallest absolute Gasteiger partial charge is 0.306 e. The Hall–Kier alpha value is -1.59. The summed E-state index contributed by atoms with van der Waals surface area (Å²) in [5.74, 6) is 1.65. The van der Waals surface area contributed by atoms with Crippen molar-refractivity contribution in [3.05, 3.63) is 0 Å². The van der Waals surface area contributed by atoms with E-state index in [1.165, 1.54) is 199 Å². The molecule has 0 fully saturated rings. The lowest BCUT2D eigenvalue weighted by Crippen LogP contribution is -2.30. The van der Waals surface area contributed by atoms with E-state index in [1.54, 1.807) is 0 Å². The minimum Gasteiger partial charge on any atom is -0.462 e. The second kappa shape index (κ2) is 49.3. The molecule has 0 aromatic rings. The number of hydrogen-bond acceptors (Lipinski definition) is 6. The summed E-state index contributed by atoms with van der Waals surface area (Å²) in [6, 6.07) is 0. The predicted molar refractivity (Wildman–Crippen MR) is 275 cm³/mol. The van der Waals surface area contributed by atoms with Crippen LogP contribution in [0.15, 0.2) is 0 Å². The summed E-state index contributed by atoms with van der Waals surface area (Å²) < 4.78 is 16.9. The van der Waals surface area contributed by atoms with E-state index in [0.717, 1.165) is 75.5 Å². The van der Waals surface area contributed by atoms with Crippen LogP contribution in [0.25, 0.3) is 0 Å². The van der Waals surface area contributed by atoms with Gasteiger partial charge in [-0.25, -0.2) is 0 Å². The monoisotopic (exact) mass is 905 g/mol. The summed E-state index contributed by atoms with van der Waals surface area (Å²) in [4.78, 5) is 38.1. The SMILES string of the molecule is CC(C)CCCCCCCCCCCCCCCCCCC(=O)OC[C@@H](COC(=O)CCCCCCCCCCCCCCC(C)C)OC(=O)CCCCCCCCCCCC(C)C. The Balaban J connectivity index is 4.26. The molecule has 0 aliphatic heterocycles. The molecule has 0 N–H and O–H groups in total. The van der Waals surface area contributed by atoms with E-state index >= 15 is 0 Å². The molecule has 0 saturated heterocycles. The number of rotatable bonds is 51. The molecule has 0 spiro atoms. The van der Waals surface area contributed by atoms with E-state index < -0.39 is 6.10 Å². The van der Waals surface area contributed by atoms with E-state index in [2.05, 4.69) is 41.5 Å². The van der Waals surface area contributed by atoms with Crippen molar-refractivity contribution in [2.75, 3.05) is 13.2 Å². The van der Waals surface area contributed by atoms with Gasteiger partial charge in [0.15, 0.2) is 6.10 Å². The van der Waals surface area contributed by atoms with Gasteiger partial charge in [-0.05, 0) is 37.0 Å². The number of unbranched alkanes of at least 4 members (excludes halogenated alkanes) is 34. The zero-order valence-electron chi connectivity index (χ0n) is 44.1. The molecule has 380 valence electrons. The highest BCUT2D eigenvalue weighted by Crippen LogP contribution is 2.18. The predicted octanol–water partition coefficient (Wildman–Crippen LogP) is 18.7. The zero-order valence-corrected chi connectivity index (χ0v) is 44.1. The van der Waals surface area contributed by atoms with Crippen LogP contribution in [-0.2, 0) is 28.6 Å². The van der Waals surface area contributed by atoms with Crippen LogP contribution in [0.1, 0.15) is 318 Å².